The second-order valence-electron chi connectivity index (χ2n) is 6.44. The monoisotopic (exact) mass is 658 g/mol. The Kier molecular flexibility index (Phi) is 13.4. The molecule has 0 atom stereocenters. The molecule has 0 heterocycles. The Morgan fingerprint density at radius 1 is 0.853 bits per heavy atom. The largest absolute Gasteiger partial charge is 0.478 e. The van der Waals surface area contributed by atoms with E-state index in [0.717, 1.165) is 20.1 Å². The molecule has 0 aliphatic carbocycles. The molecule has 7 nitrogen and oxygen atoms in total. The molecule has 0 aliphatic rings. The summed E-state index contributed by atoms with van der Waals surface area (Å²) in [5.41, 5.74) is 2.98. The number of carboxylic acids is 1. The maximum atomic E-state index is 11.2. The number of esters is 1. The van der Waals surface area contributed by atoms with Crippen LogP contribution in [-0.4, -0.2) is 35.4 Å². The highest BCUT2D eigenvalue weighted by molar-refractivity contribution is 9.10. The standard InChI is InChI=1S/C9H8Br2O2.C8H7BrO2.C7H6O3/c1-13-9(12)8-3-2-7(11)4-6(8)5-10;1-5-4-6(9)2-3-7(5)8(10)11;8-7(10-9)6-4-2-1-3-5-6/h2-4H,5H2,1H3;2-4H,1H3,(H,10,11);1-5,9H. The van der Waals surface area contributed by atoms with Gasteiger partial charge in [-0.25, -0.2) is 14.4 Å². The number of hydrogen-bond donors (Lipinski definition) is 2. The summed E-state index contributed by atoms with van der Waals surface area (Å²) in [5, 5.41) is 17.2. The van der Waals surface area contributed by atoms with E-state index in [1.54, 1.807) is 61.5 Å². The Balaban J connectivity index is 0.000000257. The third-order valence-corrected chi connectivity index (χ3v) is 5.72. The third-order valence-electron chi connectivity index (χ3n) is 4.13. The van der Waals surface area contributed by atoms with Gasteiger partial charge >= 0.3 is 17.9 Å². The van der Waals surface area contributed by atoms with Gasteiger partial charge in [0, 0.05) is 14.3 Å². The highest BCUT2D eigenvalue weighted by Crippen LogP contribution is 2.19. The van der Waals surface area contributed by atoms with Gasteiger partial charge in [0.2, 0.25) is 0 Å². The molecule has 180 valence electrons. The smallest absolute Gasteiger partial charge is 0.372 e. The van der Waals surface area contributed by atoms with E-state index in [1.807, 2.05) is 12.1 Å². The number of aryl methyl sites for hydroxylation is 1. The van der Waals surface area contributed by atoms with Crippen molar-refractivity contribution in [1.82, 2.24) is 0 Å². The number of carbonyl (C=O) groups is 3. The van der Waals surface area contributed by atoms with Crippen molar-refractivity contribution in [2.24, 2.45) is 0 Å². The van der Waals surface area contributed by atoms with E-state index in [1.165, 1.54) is 7.11 Å². The van der Waals surface area contributed by atoms with Gasteiger partial charge in [0.25, 0.3) is 0 Å². The highest BCUT2D eigenvalue weighted by Gasteiger charge is 2.10. The Morgan fingerprint density at radius 3 is 1.88 bits per heavy atom. The lowest BCUT2D eigenvalue weighted by Gasteiger charge is -2.04. The molecule has 10 heteroatoms. The molecule has 0 fully saturated rings. The lowest BCUT2D eigenvalue weighted by molar-refractivity contribution is -0.182. The topological polar surface area (TPSA) is 110 Å². The van der Waals surface area contributed by atoms with Crippen molar-refractivity contribution in [3.05, 3.63) is 103 Å². The van der Waals surface area contributed by atoms with E-state index in [0.29, 0.717) is 22.0 Å². The Labute approximate surface area is 222 Å². The fraction of sp³-hybridized carbons (Fsp3) is 0.125. The number of hydrogen-bond acceptors (Lipinski definition) is 6. The van der Waals surface area contributed by atoms with Gasteiger partial charge in [-0.05, 0) is 66.6 Å². The number of rotatable bonds is 4. The van der Waals surface area contributed by atoms with Gasteiger partial charge in [-0.2, -0.15) is 5.26 Å². The summed E-state index contributed by atoms with van der Waals surface area (Å²) in [4.78, 5) is 35.8. The Hall–Kier alpha value is -2.53. The molecule has 34 heavy (non-hydrogen) atoms. The second-order valence-corrected chi connectivity index (χ2v) is 8.83. The van der Waals surface area contributed by atoms with E-state index >= 15 is 0 Å². The van der Waals surface area contributed by atoms with Crippen molar-refractivity contribution in [2.75, 3.05) is 7.11 Å². The molecule has 0 radical (unpaired) electrons. The third kappa shape index (κ3) is 9.76. The van der Waals surface area contributed by atoms with Gasteiger partial charge in [0.1, 0.15) is 0 Å². The first-order valence-corrected chi connectivity index (χ1v) is 12.2. The molecule has 0 unspecified atom stereocenters. The van der Waals surface area contributed by atoms with Crippen LogP contribution < -0.4 is 0 Å². The molecular weight excluding hydrogens is 640 g/mol. The summed E-state index contributed by atoms with van der Waals surface area (Å²) >= 11 is 9.90. The van der Waals surface area contributed by atoms with E-state index in [4.69, 9.17) is 10.4 Å². The van der Waals surface area contributed by atoms with Crippen molar-refractivity contribution in [1.29, 1.82) is 0 Å². The van der Waals surface area contributed by atoms with E-state index < -0.39 is 11.9 Å². The van der Waals surface area contributed by atoms with E-state index in [2.05, 4.69) is 57.4 Å². The van der Waals surface area contributed by atoms with Gasteiger partial charge in [-0.3, -0.25) is 4.89 Å². The number of methoxy groups -OCH3 is 1. The molecule has 0 saturated heterocycles. The normalized spacial score (nSPS) is 9.47. The molecule has 0 spiro atoms. The molecular formula is C24H21Br3O7. The number of aromatic carboxylic acids is 1. The first-order chi connectivity index (χ1) is 16.1. The zero-order valence-corrected chi connectivity index (χ0v) is 22.9. The van der Waals surface area contributed by atoms with Crippen LogP contribution in [0, 0.1) is 6.92 Å². The van der Waals surface area contributed by atoms with Crippen LogP contribution in [0.5, 0.6) is 0 Å². The van der Waals surface area contributed by atoms with Crippen LogP contribution in [-0.2, 0) is 15.0 Å². The molecule has 3 rings (SSSR count). The summed E-state index contributed by atoms with van der Waals surface area (Å²) in [7, 11) is 1.38. The number of carboxylic acid groups (broad SMARTS) is 1. The lowest BCUT2D eigenvalue weighted by Crippen LogP contribution is -2.04. The van der Waals surface area contributed by atoms with Crippen molar-refractivity contribution >= 4 is 65.7 Å². The molecule has 0 aromatic heterocycles. The van der Waals surface area contributed by atoms with Crippen molar-refractivity contribution in [2.45, 2.75) is 12.3 Å². The fourth-order valence-corrected chi connectivity index (χ4v) is 3.82. The molecule has 2 N–H and O–H groups in total. The zero-order valence-electron chi connectivity index (χ0n) is 18.1. The molecule has 0 amide bonds. The molecule has 3 aromatic carbocycles. The predicted molar refractivity (Wildman–Crippen MR) is 138 cm³/mol. The molecule has 0 saturated carbocycles. The van der Waals surface area contributed by atoms with Gasteiger partial charge in [0.15, 0.2) is 0 Å². The van der Waals surface area contributed by atoms with Crippen LogP contribution in [0.2, 0.25) is 0 Å². The van der Waals surface area contributed by atoms with Crippen LogP contribution in [0.4, 0.5) is 0 Å². The number of carbonyl (C=O) groups excluding carboxylic acids is 2. The van der Waals surface area contributed by atoms with Crippen molar-refractivity contribution in [3.63, 3.8) is 0 Å². The minimum absolute atomic E-state index is 0.304. The van der Waals surface area contributed by atoms with Gasteiger partial charge < -0.3 is 9.84 Å². The van der Waals surface area contributed by atoms with Crippen molar-refractivity contribution < 1.29 is 34.4 Å². The number of ether oxygens (including phenoxy) is 1. The zero-order chi connectivity index (χ0) is 25.7. The molecule has 0 aliphatic heterocycles. The van der Waals surface area contributed by atoms with E-state index in [-0.39, 0.29) is 5.97 Å². The fourth-order valence-electron chi connectivity index (χ4n) is 2.48. The maximum absolute atomic E-state index is 11.2. The van der Waals surface area contributed by atoms with E-state index in [9.17, 15) is 14.4 Å². The average molecular weight is 661 g/mol. The van der Waals surface area contributed by atoms with Gasteiger partial charge in [-0.1, -0.05) is 66.0 Å². The van der Waals surface area contributed by atoms with Crippen LogP contribution in [0.25, 0.3) is 0 Å². The minimum atomic E-state index is -0.880. The average Bonchev–Trinajstić information content (AvgIpc) is 2.84. The maximum Gasteiger partial charge on any atom is 0.372 e. The molecule has 3 aromatic rings. The predicted octanol–water partition coefficient (Wildman–Crippen LogP) is 6.90. The summed E-state index contributed by atoms with van der Waals surface area (Å²) in [5.74, 6) is -1.92. The summed E-state index contributed by atoms with van der Waals surface area (Å²) in [6, 6.07) is 18.8. The second kappa shape index (κ2) is 15.4. The number of halogens is 3. The summed E-state index contributed by atoms with van der Waals surface area (Å²) in [6.45, 7) is 1.77. The Bertz CT molecular complexity index is 1120. The highest BCUT2D eigenvalue weighted by atomic mass is 79.9. The van der Waals surface area contributed by atoms with Crippen molar-refractivity contribution in [3.8, 4) is 0 Å². The van der Waals surface area contributed by atoms with Crippen LogP contribution in [0.3, 0.4) is 0 Å². The SMILES string of the molecule is COC(=O)c1ccc(Br)cc1CBr.Cc1cc(Br)ccc1C(=O)O.O=C(OO)c1ccccc1. The van der Waals surface area contributed by atoms with Crippen LogP contribution in [0.1, 0.15) is 42.2 Å². The van der Waals surface area contributed by atoms with Crippen LogP contribution in [0.15, 0.2) is 75.7 Å². The quantitative estimate of drug-likeness (QED) is 0.136. The van der Waals surface area contributed by atoms with Gasteiger partial charge in [0.05, 0.1) is 23.8 Å². The van der Waals surface area contributed by atoms with Gasteiger partial charge in [-0.15, -0.1) is 0 Å². The molecule has 0 bridgehead atoms. The summed E-state index contributed by atoms with van der Waals surface area (Å²) in [6.07, 6.45) is 0. The van der Waals surface area contributed by atoms with Crippen LogP contribution >= 0.6 is 47.8 Å². The summed E-state index contributed by atoms with van der Waals surface area (Å²) < 4.78 is 6.50. The lowest BCUT2D eigenvalue weighted by atomic mass is 10.1. The Morgan fingerprint density at radius 2 is 1.41 bits per heavy atom. The minimum Gasteiger partial charge on any atom is -0.478 e. The first-order valence-electron chi connectivity index (χ1n) is 9.47. The first kappa shape index (κ1) is 29.5. The number of alkyl halides is 1. The number of benzene rings is 3.